The average molecular weight is 276 g/mol. The van der Waals surface area contributed by atoms with Crippen molar-refractivity contribution in [3.63, 3.8) is 0 Å². The number of piperidine rings is 1. The Labute approximate surface area is 120 Å². The summed E-state index contributed by atoms with van der Waals surface area (Å²) in [4.78, 5) is 14.7. The van der Waals surface area contributed by atoms with Crippen molar-refractivity contribution in [3.05, 3.63) is 29.8 Å². The number of hydrogen-bond donors (Lipinski definition) is 2. The van der Waals surface area contributed by atoms with E-state index in [0.717, 1.165) is 31.4 Å². The van der Waals surface area contributed by atoms with E-state index in [1.165, 1.54) is 0 Å². The molecule has 2 rings (SSSR count). The van der Waals surface area contributed by atoms with Crippen molar-refractivity contribution in [1.82, 2.24) is 4.90 Å². The molecule has 1 atom stereocenters. The van der Waals surface area contributed by atoms with Crippen LogP contribution in [0.25, 0.3) is 0 Å². The number of aliphatic hydroxyl groups excluding tert-OH is 1. The summed E-state index contributed by atoms with van der Waals surface area (Å²) in [7, 11) is 0. The fraction of sp³-hybridized carbons (Fsp3) is 0.562. The molecular weight excluding hydrogens is 252 g/mol. The highest BCUT2D eigenvalue weighted by atomic mass is 16.3. The number of benzene rings is 1. The standard InChI is InChI=1S/C16H24N2O2/c1-16(2,12-6-8-13(17)9-7-12)15(20)18-10-4-3-5-14(18)11-19/h6-9,14,19H,3-5,10-11,17H2,1-2H3. The van der Waals surface area contributed by atoms with Crippen LogP contribution in [0.1, 0.15) is 38.7 Å². The highest BCUT2D eigenvalue weighted by Crippen LogP contribution is 2.29. The molecule has 4 nitrogen and oxygen atoms in total. The predicted octanol–water partition coefficient (Wildman–Crippen LogP) is 1.92. The molecule has 0 aromatic heterocycles. The van der Waals surface area contributed by atoms with Crippen molar-refractivity contribution < 1.29 is 9.90 Å². The third-order valence-electron chi connectivity index (χ3n) is 4.27. The molecule has 1 fully saturated rings. The Kier molecular flexibility index (Phi) is 4.33. The number of hydrogen-bond acceptors (Lipinski definition) is 3. The van der Waals surface area contributed by atoms with Crippen LogP contribution < -0.4 is 5.73 Å². The fourth-order valence-corrected chi connectivity index (χ4v) is 2.84. The Morgan fingerprint density at radius 1 is 1.35 bits per heavy atom. The fourth-order valence-electron chi connectivity index (χ4n) is 2.84. The van der Waals surface area contributed by atoms with Gasteiger partial charge in [-0.1, -0.05) is 12.1 Å². The summed E-state index contributed by atoms with van der Waals surface area (Å²) in [6.07, 6.45) is 2.98. The van der Waals surface area contributed by atoms with Crippen LogP contribution in [-0.2, 0) is 10.2 Å². The molecule has 110 valence electrons. The molecule has 0 spiro atoms. The molecule has 1 saturated heterocycles. The van der Waals surface area contributed by atoms with Crippen molar-refractivity contribution in [2.45, 2.75) is 44.6 Å². The van der Waals surface area contributed by atoms with Gasteiger partial charge in [-0.15, -0.1) is 0 Å². The summed E-state index contributed by atoms with van der Waals surface area (Å²) in [5.74, 6) is 0.0843. The summed E-state index contributed by atoms with van der Waals surface area (Å²) >= 11 is 0. The number of carbonyl (C=O) groups is 1. The first-order valence-corrected chi connectivity index (χ1v) is 7.24. The van der Waals surface area contributed by atoms with Gasteiger partial charge in [0, 0.05) is 12.2 Å². The normalized spacial score (nSPS) is 19.9. The second-order valence-corrected chi connectivity index (χ2v) is 6.08. The van der Waals surface area contributed by atoms with E-state index in [0.29, 0.717) is 5.69 Å². The molecule has 1 amide bonds. The second kappa shape index (κ2) is 5.83. The molecule has 1 aromatic rings. The minimum Gasteiger partial charge on any atom is -0.399 e. The molecule has 4 heteroatoms. The Hall–Kier alpha value is -1.55. The molecule has 1 aliphatic rings. The number of anilines is 1. The molecule has 1 heterocycles. The van der Waals surface area contributed by atoms with E-state index in [4.69, 9.17) is 5.73 Å². The van der Waals surface area contributed by atoms with Gasteiger partial charge in [0.1, 0.15) is 0 Å². The third-order valence-corrected chi connectivity index (χ3v) is 4.27. The summed E-state index contributed by atoms with van der Waals surface area (Å²) < 4.78 is 0. The van der Waals surface area contributed by atoms with E-state index in [9.17, 15) is 9.90 Å². The largest absolute Gasteiger partial charge is 0.399 e. The minimum atomic E-state index is -0.599. The van der Waals surface area contributed by atoms with Crippen LogP contribution in [0.2, 0.25) is 0 Å². The van der Waals surface area contributed by atoms with Gasteiger partial charge in [0.2, 0.25) is 5.91 Å². The zero-order valence-corrected chi connectivity index (χ0v) is 12.3. The molecule has 0 saturated carbocycles. The summed E-state index contributed by atoms with van der Waals surface area (Å²) in [5, 5.41) is 9.47. The summed E-state index contributed by atoms with van der Waals surface area (Å²) in [6.45, 7) is 4.65. The van der Waals surface area contributed by atoms with Gasteiger partial charge in [-0.25, -0.2) is 0 Å². The molecule has 3 N–H and O–H groups in total. The van der Waals surface area contributed by atoms with Crippen molar-refractivity contribution >= 4 is 11.6 Å². The van der Waals surface area contributed by atoms with Crippen LogP contribution in [0.3, 0.4) is 0 Å². The highest BCUT2D eigenvalue weighted by Gasteiger charge is 2.37. The maximum absolute atomic E-state index is 12.9. The number of aliphatic hydroxyl groups is 1. The first-order valence-electron chi connectivity index (χ1n) is 7.24. The summed E-state index contributed by atoms with van der Waals surface area (Å²) in [5.41, 5.74) is 6.76. The maximum Gasteiger partial charge on any atom is 0.232 e. The molecule has 1 aliphatic heterocycles. The predicted molar refractivity (Wildman–Crippen MR) is 80.3 cm³/mol. The zero-order chi connectivity index (χ0) is 14.8. The lowest BCUT2D eigenvalue weighted by molar-refractivity contribution is -0.141. The van der Waals surface area contributed by atoms with Crippen molar-refractivity contribution in [1.29, 1.82) is 0 Å². The van der Waals surface area contributed by atoms with E-state index in [1.807, 2.05) is 43.0 Å². The number of nitrogens with two attached hydrogens (primary N) is 1. The van der Waals surface area contributed by atoms with E-state index >= 15 is 0 Å². The van der Waals surface area contributed by atoms with Crippen molar-refractivity contribution in [3.8, 4) is 0 Å². The second-order valence-electron chi connectivity index (χ2n) is 6.08. The molecule has 0 radical (unpaired) electrons. The number of likely N-dealkylation sites (tertiary alicyclic amines) is 1. The highest BCUT2D eigenvalue weighted by molar-refractivity contribution is 5.87. The van der Waals surface area contributed by atoms with Gasteiger partial charge in [-0.05, 0) is 50.8 Å². The molecule has 1 aromatic carbocycles. The zero-order valence-electron chi connectivity index (χ0n) is 12.3. The molecule has 20 heavy (non-hydrogen) atoms. The molecule has 0 bridgehead atoms. The van der Waals surface area contributed by atoms with E-state index in [1.54, 1.807) is 0 Å². The minimum absolute atomic E-state index is 0.0377. The Bertz CT molecular complexity index is 468. The van der Waals surface area contributed by atoms with E-state index < -0.39 is 5.41 Å². The Balaban J connectivity index is 2.23. The Morgan fingerprint density at radius 3 is 2.60 bits per heavy atom. The van der Waals surface area contributed by atoms with E-state index in [2.05, 4.69) is 0 Å². The quantitative estimate of drug-likeness (QED) is 0.829. The first kappa shape index (κ1) is 14.9. The van der Waals surface area contributed by atoms with Gasteiger partial charge in [0.05, 0.1) is 18.1 Å². The number of rotatable bonds is 3. The smallest absolute Gasteiger partial charge is 0.232 e. The topological polar surface area (TPSA) is 66.6 Å². The van der Waals surface area contributed by atoms with Gasteiger partial charge in [0.25, 0.3) is 0 Å². The van der Waals surface area contributed by atoms with Gasteiger partial charge in [-0.2, -0.15) is 0 Å². The van der Waals surface area contributed by atoms with Crippen LogP contribution in [0.5, 0.6) is 0 Å². The lowest BCUT2D eigenvalue weighted by Crippen LogP contribution is -2.52. The maximum atomic E-state index is 12.9. The van der Waals surface area contributed by atoms with Crippen LogP contribution >= 0.6 is 0 Å². The molecule has 0 aliphatic carbocycles. The van der Waals surface area contributed by atoms with Crippen molar-refractivity contribution in [2.24, 2.45) is 0 Å². The summed E-state index contributed by atoms with van der Waals surface area (Å²) in [6, 6.07) is 7.43. The van der Waals surface area contributed by atoms with Crippen LogP contribution in [-0.4, -0.2) is 35.1 Å². The van der Waals surface area contributed by atoms with Gasteiger partial charge in [-0.3, -0.25) is 4.79 Å². The third kappa shape index (κ3) is 2.80. The van der Waals surface area contributed by atoms with Crippen LogP contribution in [0.4, 0.5) is 5.69 Å². The monoisotopic (exact) mass is 276 g/mol. The first-order chi connectivity index (χ1) is 9.46. The van der Waals surface area contributed by atoms with E-state index in [-0.39, 0.29) is 18.6 Å². The lowest BCUT2D eigenvalue weighted by Gasteiger charge is -2.39. The Morgan fingerprint density at radius 2 is 2.00 bits per heavy atom. The average Bonchev–Trinajstić information content (AvgIpc) is 2.46. The molecule has 1 unspecified atom stereocenters. The van der Waals surface area contributed by atoms with Crippen molar-refractivity contribution in [2.75, 3.05) is 18.9 Å². The van der Waals surface area contributed by atoms with Gasteiger partial charge >= 0.3 is 0 Å². The van der Waals surface area contributed by atoms with Crippen LogP contribution in [0, 0.1) is 0 Å². The van der Waals surface area contributed by atoms with Crippen LogP contribution in [0.15, 0.2) is 24.3 Å². The number of carbonyl (C=O) groups excluding carboxylic acids is 1. The van der Waals surface area contributed by atoms with Gasteiger partial charge in [0.15, 0.2) is 0 Å². The lowest BCUT2D eigenvalue weighted by atomic mass is 9.82. The number of nitrogen functional groups attached to an aromatic ring is 1. The molecular formula is C16H24N2O2. The number of amides is 1. The SMILES string of the molecule is CC(C)(C(=O)N1CCCCC1CO)c1ccc(N)cc1. The van der Waals surface area contributed by atoms with Gasteiger partial charge < -0.3 is 15.7 Å². The number of nitrogens with zero attached hydrogens (tertiary/aromatic N) is 1.